The molecule has 1 aromatic heterocycles. The number of aromatic nitrogens is 1. The first-order valence-electron chi connectivity index (χ1n) is 10.8. The van der Waals surface area contributed by atoms with Crippen LogP contribution in [0.25, 0.3) is 10.9 Å². The van der Waals surface area contributed by atoms with Crippen LogP contribution in [0.1, 0.15) is 51.0 Å². The van der Waals surface area contributed by atoms with Gasteiger partial charge in [-0.15, -0.1) is 0 Å². The molecule has 0 radical (unpaired) electrons. The minimum absolute atomic E-state index is 0.372. The fourth-order valence-corrected chi connectivity index (χ4v) is 4.39. The molecule has 3 rings (SSSR count). The van der Waals surface area contributed by atoms with Gasteiger partial charge in [-0.3, -0.25) is 4.99 Å². The lowest BCUT2D eigenvalue weighted by atomic mass is 9.83. The molecule has 3 N–H and O–H groups in total. The quantitative estimate of drug-likeness (QED) is 0.326. The summed E-state index contributed by atoms with van der Waals surface area (Å²) in [6, 6.07) is 8.51. The van der Waals surface area contributed by atoms with Crippen LogP contribution < -0.4 is 10.6 Å². The molecule has 5 nitrogen and oxygen atoms in total. The molecule has 0 amide bonds. The lowest BCUT2D eigenvalue weighted by Gasteiger charge is -2.30. The van der Waals surface area contributed by atoms with E-state index in [-0.39, 0.29) is 0 Å². The monoisotopic (exact) mass is 384 g/mol. The highest BCUT2D eigenvalue weighted by Gasteiger charge is 2.33. The van der Waals surface area contributed by atoms with Gasteiger partial charge in [0.2, 0.25) is 0 Å². The summed E-state index contributed by atoms with van der Waals surface area (Å²) < 4.78 is 5.62. The maximum absolute atomic E-state index is 5.62. The zero-order chi connectivity index (χ0) is 19.7. The molecule has 0 unspecified atom stereocenters. The molecule has 0 spiro atoms. The number of aliphatic imine (C=N–C) groups is 1. The Morgan fingerprint density at radius 3 is 2.82 bits per heavy atom. The van der Waals surface area contributed by atoms with Crippen molar-refractivity contribution in [1.29, 1.82) is 0 Å². The van der Waals surface area contributed by atoms with Gasteiger partial charge in [-0.25, -0.2) is 0 Å². The summed E-state index contributed by atoms with van der Waals surface area (Å²) in [7, 11) is 1.86. The summed E-state index contributed by atoms with van der Waals surface area (Å²) in [6.45, 7) is 5.66. The minimum atomic E-state index is 0.372. The third kappa shape index (κ3) is 5.51. The summed E-state index contributed by atoms with van der Waals surface area (Å²) >= 11 is 0. The maximum atomic E-state index is 5.62. The van der Waals surface area contributed by atoms with Crippen LogP contribution in [0.15, 0.2) is 35.5 Å². The molecule has 1 saturated carbocycles. The van der Waals surface area contributed by atoms with Crippen molar-refractivity contribution in [2.24, 2.45) is 10.4 Å². The molecule has 0 bridgehead atoms. The van der Waals surface area contributed by atoms with Crippen LogP contribution in [0.2, 0.25) is 0 Å². The van der Waals surface area contributed by atoms with Crippen molar-refractivity contribution < 1.29 is 4.74 Å². The number of para-hydroxylation sites is 1. The van der Waals surface area contributed by atoms with E-state index in [1.54, 1.807) is 0 Å². The van der Waals surface area contributed by atoms with E-state index in [9.17, 15) is 0 Å². The Labute approximate surface area is 169 Å². The first kappa shape index (κ1) is 20.7. The number of aryl methyl sites for hydroxylation is 1. The summed E-state index contributed by atoms with van der Waals surface area (Å²) in [5.41, 5.74) is 2.98. The van der Waals surface area contributed by atoms with Gasteiger partial charge in [0.25, 0.3) is 0 Å². The fraction of sp³-hybridized carbons (Fsp3) is 0.609. The molecular formula is C23H36N4O. The summed E-state index contributed by atoms with van der Waals surface area (Å²) in [5.74, 6) is 0.918. The van der Waals surface area contributed by atoms with E-state index in [1.165, 1.54) is 42.1 Å². The summed E-state index contributed by atoms with van der Waals surface area (Å²) in [4.78, 5) is 7.78. The Morgan fingerprint density at radius 2 is 2.04 bits per heavy atom. The van der Waals surface area contributed by atoms with Gasteiger partial charge in [0.05, 0.1) is 0 Å². The first-order valence-corrected chi connectivity index (χ1v) is 10.8. The summed E-state index contributed by atoms with van der Waals surface area (Å²) in [5, 5.41) is 8.40. The highest BCUT2D eigenvalue weighted by atomic mass is 16.5. The second-order valence-electron chi connectivity index (χ2n) is 7.97. The Balaban J connectivity index is 1.41. The third-order valence-electron chi connectivity index (χ3n) is 6.09. The van der Waals surface area contributed by atoms with Gasteiger partial charge >= 0.3 is 0 Å². The molecule has 5 heteroatoms. The molecule has 1 aliphatic rings. The molecule has 0 saturated heterocycles. The van der Waals surface area contributed by atoms with Crippen LogP contribution in [0.5, 0.6) is 0 Å². The maximum Gasteiger partial charge on any atom is 0.190 e. The van der Waals surface area contributed by atoms with Crippen LogP contribution in [-0.2, 0) is 11.2 Å². The van der Waals surface area contributed by atoms with Crippen molar-refractivity contribution in [2.45, 2.75) is 51.9 Å². The number of nitrogens with zero attached hydrogens (tertiary/aromatic N) is 1. The van der Waals surface area contributed by atoms with Crippen molar-refractivity contribution in [3.05, 3.63) is 36.0 Å². The molecule has 1 aromatic carbocycles. The van der Waals surface area contributed by atoms with Crippen LogP contribution in [0.4, 0.5) is 0 Å². The predicted octanol–water partition coefficient (Wildman–Crippen LogP) is 4.25. The van der Waals surface area contributed by atoms with E-state index in [0.29, 0.717) is 5.41 Å². The normalized spacial score (nSPS) is 16.6. The van der Waals surface area contributed by atoms with E-state index >= 15 is 0 Å². The number of H-pyrrole nitrogens is 1. The topological polar surface area (TPSA) is 61.4 Å². The number of rotatable bonds is 10. The van der Waals surface area contributed by atoms with Gasteiger partial charge in [0.1, 0.15) is 0 Å². The first-order chi connectivity index (χ1) is 13.8. The van der Waals surface area contributed by atoms with Gasteiger partial charge in [0, 0.05) is 50.5 Å². The minimum Gasteiger partial charge on any atom is -0.382 e. The predicted molar refractivity (Wildman–Crippen MR) is 118 cm³/mol. The van der Waals surface area contributed by atoms with Crippen LogP contribution in [0, 0.1) is 5.41 Å². The molecule has 1 aliphatic carbocycles. The second-order valence-corrected chi connectivity index (χ2v) is 7.97. The highest BCUT2D eigenvalue weighted by Crippen LogP contribution is 2.40. The smallest absolute Gasteiger partial charge is 0.190 e. The fourth-order valence-electron chi connectivity index (χ4n) is 4.39. The largest absolute Gasteiger partial charge is 0.382 e. The number of hydrogen-bond donors (Lipinski definition) is 3. The molecule has 0 aliphatic heterocycles. The number of hydrogen-bond acceptors (Lipinski definition) is 2. The Morgan fingerprint density at radius 1 is 1.21 bits per heavy atom. The van der Waals surface area contributed by atoms with Crippen molar-refractivity contribution >= 4 is 16.9 Å². The number of aromatic amines is 1. The van der Waals surface area contributed by atoms with Crippen molar-refractivity contribution in [2.75, 3.05) is 33.4 Å². The molecule has 1 heterocycles. The Hall–Kier alpha value is -2.01. The average Bonchev–Trinajstić information content (AvgIpc) is 3.35. The molecule has 154 valence electrons. The summed E-state index contributed by atoms with van der Waals surface area (Å²) in [6.07, 6.45) is 10.7. The van der Waals surface area contributed by atoms with Crippen molar-refractivity contribution in [1.82, 2.24) is 15.6 Å². The molecular weight excluding hydrogens is 348 g/mol. The van der Waals surface area contributed by atoms with Gasteiger partial charge < -0.3 is 20.4 Å². The molecule has 2 aromatic rings. The van der Waals surface area contributed by atoms with Crippen molar-refractivity contribution in [3.8, 4) is 0 Å². The number of fused-ring (bicyclic) bond motifs is 1. The molecule has 0 atom stereocenters. The van der Waals surface area contributed by atoms with Crippen molar-refractivity contribution in [3.63, 3.8) is 0 Å². The second kappa shape index (κ2) is 10.5. The van der Waals surface area contributed by atoms with E-state index in [1.807, 2.05) is 7.05 Å². The van der Waals surface area contributed by atoms with E-state index < -0.39 is 0 Å². The molecule has 1 fully saturated rings. The van der Waals surface area contributed by atoms with Gasteiger partial charge in [-0.05, 0) is 56.1 Å². The molecule has 28 heavy (non-hydrogen) atoms. The Kier molecular flexibility index (Phi) is 7.78. The van der Waals surface area contributed by atoms with Crippen LogP contribution >= 0.6 is 0 Å². The third-order valence-corrected chi connectivity index (χ3v) is 6.09. The van der Waals surface area contributed by atoms with Gasteiger partial charge in [-0.2, -0.15) is 0 Å². The van der Waals surface area contributed by atoms with Crippen LogP contribution in [-0.4, -0.2) is 44.3 Å². The number of ether oxygens (including phenoxy) is 1. The standard InChI is InChI=1S/C23H36N4O/c1-3-28-16-14-23(12-6-7-13-23)18-27-22(24-2)25-15-8-9-19-17-26-21-11-5-4-10-20(19)21/h4-5,10-11,17,26H,3,6-9,12-16,18H2,1-2H3,(H2,24,25,27). The number of guanidine groups is 1. The number of nitrogens with one attached hydrogen (secondary N) is 3. The average molecular weight is 385 g/mol. The SMILES string of the molecule is CCOCCC1(CNC(=NC)NCCCc2c[nH]c3ccccc23)CCCC1. The Bertz CT molecular complexity index is 746. The zero-order valence-corrected chi connectivity index (χ0v) is 17.5. The highest BCUT2D eigenvalue weighted by molar-refractivity contribution is 5.83. The van der Waals surface area contributed by atoms with E-state index in [0.717, 1.165) is 51.5 Å². The van der Waals surface area contributed by atoms with E-state index in [2.05, 4.69) is 58.0 Å². The lowest BCUT2D eigenvalue weighted by molar-refractivity contribution is 0.105. The van der Waals surface area contributed by atoms with Gasteiger partial charge in [-0.1, -0.05) is 31.0 Å². The van der Waals surface area contributed by atoms with Crippen LogP contribution in [0.3, 0.4) is 0 Å². The van der Waals surface area contributed by atoms with E-state index in [4.69, 9.17) is 4.74 Å². The lowest BCUT2D eigenvalue weighted by Crippen LogP contribution is -2.43. The zero-order valence-electron chi connectivity index (χ0n) is 17.5. The van der Waals surface area contributed by atoms with Gasteiger partial charge in [0.15, 0.2) is 5.96 Å². The number of benzene rings is 1.